The van der Waals surface area contributed by atoms with E-state index in [1.165, 1.54) is 6.26 Å². The van der Waals surface area contributed by atoms with Crippen LogP contribution in [0, 0.1) is 11.2 Å². The van der Waals surface area contributed by atoms with Crippen molar-refractivity contribution in [2.45, 2.75) is 0 Å². The van der Waals surface area contributed by atoms with Gasteiger partial charge in [0.15, 0.2) is 11.6 Å². The number of thioether (sulfide) groups is 1. The lowest BCUT2D eigenvalue weighted by molar-refractivity contribution is 0.183. The van der Waals surface area contributed by atoms with Crippen LogP contribution in [0.1, 0.15) is 5.56 Å². The molecule has 0 aliphatic carbocycles. The molecule has 2 N–H and O–H groups in total. The number of halogens is 2. The average Bonchev–Trinajstić information content (AvgIpc) is 2.52. The van der Waals surface area contributed by atoms with E-state index in [-0.39, 0.29) is 23.0 Å². The Morgan fingerprint density at radius 3 is 2.73 bits per heavy atom. The van der Waals surface area contributed by atoms with Gasteiger partial charge in [0.2, 0.25) is 0 Å². The van der Waals surface area contributed by atoms with Crippen molar-refractivity contribution < 1.29 is 28.2 Å². The number of aromatic hydroxyl groups is 1. The first-order valence-electron chi connectivity index (χ1n) is 5.95. The number of nitrogens with zero attached hydrogens (tertiary/aromatic N) is 1. The van der Waals surface area contributed by atoms with Crippen LogP contribution in [-0.4, -0.2) is 48.6 Å². The number of alkyl halides is 1. The summed E-state index contributed by atoms with van der Waals surface area (Å²) >= 11 is 0.930. The molecule has 1 aromatic rings. The van der Waals surface area contributed by atoms with E-state index in [1.807, 2.05) is 0 Å². The number of rotatable bonds is 5. The number of carbonyl (C=O) groups excluding carboxylic acids is 1. The monoisotopic (exact) mass is 332 g/mol. The molecule has 1 aromatic carbocycles. The number of hydrogen-bond donors (Lipinski definition) is 2. The molecular formula is C13H14F2N2O4S. The van der Waals surface area contributed by atoms with Gasteiger partial charge in [-0.3, -0.25) is 5.41 Å². The van der Waals surface area contributed by atoms with Gasteiger partial charge in [-0.25, -0.2) is 13.6 Å². The molecule has 1 rings (SSSR count). The van der Waals surface area contributed by atoms with E-state index < -0.39 is 30.0 Å². The molecule has 0 fully saturated rings. The van der Waals surface area contributed by atoms with E-state index in [0.717, 1.165) is 31.0 Å². The molecule has 0 radical (unpaired) electrons. The number of ether oxygens (including phenoxy) is 2. The van der Waals surface area contributed by atoms with Crippen LogP contribution in [0.15, 0.2) is 17.1 Å². The minimum absolute atomic E-state index is 0.00480. The van der Waals surface area contributed by atoms with Crippen molar-refractivity contribution >= 4 is 28.6 Å². The summed E-state index contributed by atoms with van der Waals surface area (Å²) in [4.78, 5) is 14.6. The number of phenolic OH excluding ortho intramolecular Hbond substituents is 1. The van der Waals surface area contributed by atoms with Crippen LogP contribution in [0.3, 0.4) is 0 Å². The summed E-state index contributed by atoms with van der Waals surface area (Å²) in [5.74, 6) is -1.83. The zero-order chi connectivity index (χ0) is 16.7. The number of hydrogen-bond acceptors (Lipinski definition) is 6. The number of nitrogens with one attached hydrogen (secondary N) is 1. The fourth-order valence-electron chi connectivity index (χ4n) is 1.45. The van der Waals surface area contributed by atoms with Gasteiger partial charge in [-0.05, 0) is 12.3 Å². The van der Waals surface area contributed by atoms with Crippen molar-refractivity contribution in [3.8, 4) is 11.5 Å². The summed E-state index contributed by atoms with van der Waals surface area (Å²) in [6.07, 6.45) is 0.598. The molecule has 0 bridgehead atoms. The third kappa shape index (κ3) is 4.42. The van der Waals surface area contributed by atoms with Gasteiger partial charge in [0.1, 0.15) is 24.1 Å². The standard InChI is InChI=1S/C13H14F2N2O4S/c1-20-13(19)17-12(22-2)11(16)8-5-7(21-4-3-14)6-9(18)10(8)15/h5-6,16,18H,3-4H2,1-2H3. The van der Waals surface area contributed by atoms with Gasteiger partial charge in [-0.2, -0.15) is 4.99 Å². The van der Waals surface area contributed by atoms with Crippen LogP contribution in [0.2, 0.25) is 0 Å². The highest BCUT2D eigenvalue weighted by Crippen LogP contribution is 2.28. The number of aliphatic imine (C=N–C) groups is 1. The summed E-state index contributed by atoms with van der Waals surface area (Å²) in [5, 5.41) is 17.4. The number of phenols is 1. The van der Waals surface area contributed by atoms with E-state index in [2.05, 4.69) is 9.73 Å². The Hall–Kier alpha value is -2.16. The molecule has 9 heteroatoms. The van der Waals surface area contributed by atoms with Crippen molar-refractivity contribution in [3.63, 3.8) is 0 Å². The van der Waals surface area contributed by atoms with E-state index in [4.69, 9.17) is 10.1 Å². The van der Waals surface area contributed by atoms with Crippen LogP contribution < -0.4 is 4.74 Å². The van der Waals surface area contributed by atoms with Crippen molar-refractivity contribution in [1.82, 2.24) is 0 Å². The molecule has 0 aliphatic rings. The molecule has 0 saturated carbocycles. The Kier molecular flexibility index (Phi) is 6.77. The fraction of sp³-hybridized carbons (Fsp3) is 0.308. The lowest BCUT2D eigenvalue weighted by Gasteiger charge is -2.11. The predicted octanol–water partition coefficient (Wildman–Crippen LogP) is 2.78. The smallest absolute Gasteiger partial charge is 0.434 e. The molecule has 0 unspecified atom stereocenters. The summed E-state index contributed by atoms with van der Waals surface area (Å²) in [6, 6.07) is 2.09. The van der Waals surface area contributed by atoms with Gasteiger partial charge in [-0.15, -0.1) is 11.8 Å². The van der Waals surface area contributed by atoms with E-state index >= 15 is 0 Å². The molecule has 22 heavy (non-hydrogen) atoms. The zero-order valence-electron chi connectivity index (χ0n) is 11.9. The van der Waals surface area contributed by atoms with Gasteiger partial charge >= 0.3 is 6.09 Å². The Balaban J connectivity index is 3.23. The summed E-state index contributed by atoms with van der Waals surface area (Å²) < 4.78 is 35.4. The second-order valence-corrected chi connectivity index (χ2v) is 4.60. The van der Waals surface area contributed by atoms with Crippen LogP contribution in [0.25, 0.3) is 0 Å². The molecule has 0 saturated heterocycles. The number of benzene rings is 1. The van der Waals surface area contributed by atoms with Gasteiger partial charge in [0.05, 0.1) is 12.8 Å². The topological polar surface area (TPSA) is 92.0 Å². The molecule has 1 amide bonds. The summed E-state index contributed by atoms with van der Waals surface area (Å²) in [7, 11) is 1.12. The molecular weight excluding hydrogens is 318 g/mol. The molecule has 0 aromatic heterocycles. The maximum Gasteiger partial charge on any atom is 0.434 e. The van der Waals surface area contributed by atoms with Crippen LogP contribution >= 0.6 is 11.8 Å². The first-order chi connectivity index (χ1) is 10.4. The van der Waals surface area contributed by atoms with Crippen LogP contribution in [0.5, 0.6) is 11.5 Å². The van der Waals surface area contributed by atoms with Gasteiger partial charge in [-0.1, -0.05) is 0 Å². The second kappa shape index (κ2) is 8.32. The number of carbonyl (C=O) groups is 1. The summed E-state index contributed by atoms with van der Waals surface area (Å²) in [6.45, 7) is -1.03. The summed E-state index contributed by atoms with van der Waals surface area (Å²) in [5.41, 5.74) is -0.762. The van der Waals surface area contributed by atoms with Gasteiger partial charge < -0.3 is 14.6 Å². The maximum absolute atomic E-state index is 14.0. The predicted molar refractivity (Wildman–Crippen MR) is 79.7 cm³/mol. The van der Waals surface area contributed by atoms with E-state index in [9.17, 15) is 18.7 Å². The van der Waals surface area contributed by atoms with Crippen molar-refractivity contribution in [2.75, 3.05) is 26.6 Å². The normalized spacial score (nSPS) is 11.2. The lowest BCUT2D eigenvalue weighted by atomic mass is 10.1. The van der Waals surface area contributed by atoms with Gasteiger partial charge in [0.25, 0.3) is 0 Å². The third-order valence-corrected chi connectivity index (χ3v) is 3.10. The zero-order valence-corrected chi connectivity index (χ0v) is 12.7. The van der Waals surface area contributed by atoms with E-state index in [0.29, 0.717) is 0 Å². The minimum Gasteiger partial charge on any atom is -0.505 e. The average molecular weight is 332 g/mol. The van der Waals surface area contributed by atoms with E-state index in [1.54, 1.807) is 0 Å². The first-order valence-corrected chi connectivity index (χ1v) is 7.18. The SMILES string of the molecule is COC(=O)N=C(SC)C(=N)c1cc(OCCF)cc(O)c1F. The van der Waals surface area contributed by atoms with Crippen molar-refractivity contribution in [2.24, 2.45) is 4.99 Å². The minimum atomic E-state index is -1.07. The number of amides is 1. The molecule has 0 atom stereocenters. The highest BCUT2D eigenvalue weighted by atomic mass is 32.2. The second-order valence-electron chi connectivity index (χ2n) is 3.81. The Bertz CT molecular complexity index is 608. The molecule has 6 nitrogen and oxygen atoms in total. The maximum atomic E-state index is 14.0. The molecule has 0 aliphatic heterocycles. The van der Waals surface area contributed by atoms with Gasteiger partial charge in [0, 0.05) is 11.6 Å². The Labute approximate surface area is 129 Å². The largest absolute Gasteiger partial charge is 0.505 e. The molecule has 0 spiro atoms. The van der Waals surface area contributed by atoms with Crippen LogP contribution in [0.4, 0.5) is 13.6 Å². The quantitative estimate of drug-likeness (QED) is 0.639. The lowest BCUT2D eigenvalue weighted by Crippen LogP contribution is -2.15. The Morgan fingerprint density at radius 1 is 1.50 bits per heavy atom. The Morgan fingerprint density at radius 2 is 2.18 bits per heavy atom. The van der Waals surface area contributed by atoms with Crippen molar-refractivity contribution in [3.05, 3.63) is 23.5 Å². The molecule has 0 heterocycles. The van der Waals surface area contributed by atoms with Crippen molar-refractivity contribution in [1.29, 1.82) is 5.41 Å². The number of methoxy groups -OCH3 is 1. The third-order valence-electron chi connectivity index (χ3n) is 2.42. The first kappa shape index (κ1) is 17.9. The highest BCUT2D eigenvalue weighted by molar-refractivity contribution is 8.15. The molecule has 120 valence electrons. The highest BCUT2D eigenvalue weighted by Gasteiger charge is 2.19. The fourth-order valence-corrected chi connectivity index (χ4v) is 1.93. The van der Waals surface area contributed by atoms with Crippen LogP contribution in [-0.2, 0) is 4.74 Å².